The molecule has 0 bridgehead atoms. The van der Waals surface area contributed by atoms with Gasteiger partial charge in [-0.2, -0.15) is 0 Å². The Kier molecular flexibility index (Phi) is 6.57. The highest BCUT2D eigenvalue weighted by molar-refractivity contribution is 6.24. The lowest BCUT2D eigenvalue weighted by Crippen LogP contribution is -2.25. The van der Waals surface area contributed by atoms with Gasteiger partial charge in [0.25, 0.3) is 0 Å². The van der Waals surface area contributed by atoms with Crippen molar-refractivity contribution in [2.24, 2.45) is 4.99 Å². The van der Waals surface area contributed by atoms with E-state index in [0.29, 0.717) is 6.67 Å². The number of hydrogen-bond acceptors (Lipinski definition) is 2. The number of aromatic nitrogens is 2. The standard InChI is InChI=1S/C49H34N4/c1-50-48-35-16-6-5-13-31(35)23-25-39(48)47(32-14-3-2-4-15-32)51-30-52-43-20-10-7-17-36(43)40-27-33(24-26-44(40)52)34-28-41-37-18-8-11-21-45(37)53-46-22-12-9-19-38(46)42(29-34)49(41)53/h2-29,47,51H,1,30H2. The Labute approximate surface area is 306 Å². The van der Waals surface area contributed by atoms with Gasteiger partial charge in [-0.3, -0.25) is 10.3 Å². The van der Waals surface area contributed by atoms with Gasteiger partial charge in [-0.15, -0.1) is 0 Å². The van der Waals surface area contributed by atoms with Gasteiger partial charge >= 0.3 is 0 Å². The SMILES string of the molecule is C=Nc1c(C(NCn2c3ccccc3c3cc(-c4cc5c6ccccc6n6c7ccccc7c(c4)c56)ccc32)c2ccccc2)ccc2ccccc12. The normalized spacial score (nSPS) is 12.7. The van der Waals surface area contributed by atoms with E-state index in [4.69, 9.17) is 0 Å². The van der Waals surface area contributed by atoms with Crippen LogP contribution in [0.1, 0.15) is 17.2 Å². The van der Waals surface area contributed by atoms with E-state index in [1.165, 1.54) is 76.6 Å². The van der Waals surface area contributed by atoms with Crippen LogP contribution >= 0.6 is 0 Å². The second-order valence-electron chi connectivity index (χ2n) is 14.1. The summed E-state index contributed by atoms with van der Waals surface area (Å²) in [5.74, 6) is 0. The van der Waals surface area contributed by atoms with E-state index < -0.39 is 0 Å². The summed E-state index contributed by atoms with van der Waals surface area (Å²) in [5, 5.41) is 13.9. The maximum absolute atomic E-state index is 4.59. The highest BCUT2D eigenvalue weighted by Gasteiger charge is 2.22. The molecule has 1 atom stereocenters. The van der Waals surface area contributed by atoms with E-state index in [2.05, 4.69) is 196 Å². The van der Waals surface area contributed by atoms with Crippen molar-refractivity contribution in [1.29, 1.82) is 0 Å². The minimum Gasteiger partial charge on any atom is -0.327 e. The molecule has 11 aromatic rings. The lowest BCUT2D eigenvalue weighted by Gasteiger charge is -2.23. The van der Waals surface area contributed by atoms with Crippen LogP contribution in [0.25, 0.3) is 81.8 Å². The Morgan fingerprint density at radius 3 is 1.75 bits per heavy atom. The third-order valence-electron chi connectivity index (χ3n) is 11.3. The summed E-state index contributed by atoms with van der Waals surface area (Å²) < 4.78 is 4.86. The number of fused-ring (bicyclic) bond motifs is 10. The van der Waals surface area contributed by atoms with Crippen LogP contribution in [0.15, 0.2) is 175 Å². The minimum atomic E-state index is -0.0959. The Morgan fingerprint density at radius 2 is 1.06 bits per heavy atom. The first-order valence-electron chi connectivity index (χ1n) is 18.2. The van der Waals surface area contributed by atoms with Crippen LogP contribution in [-0.2, 0) is 6.67 Å². The molecule has 8 aromatic carbocycles. The van der Waals surface area contributed by atoms with Crippen LogP contribution in [0.5, 0.6) is 0 Å². The van der Waals surface area contributed by atoms with Crippen molar-refractivity contribution in [3.05, 3.63) is 181 Å². The molecule has 0 spiro atoms. The van der Waals surface area contributed by atoms with Crippen molar-refractivity contribution in [3.8, 4) is 11.1 Å². The summed E-state index contributed by atoms with van der Waals surface area (Å²) >= 11 is 0. The first kappa shape index (κ1) is 29.9. The van der Waals surface area contributed by atoms with Gasteiger partial charge in [-0.05, 0) is 76.8 Å². The van der Waals surface area contributed by atoms with E-state index in [0.717, 1.165) is 22.0 Å². The number of benzene rings is 8. The molecule has 0 aliphatic heterocycles. The lowest BCUT2D eigenvalue weighted by atomic mass is 9.94. The number of rotatable bonds is 7. The van der Waals surface area contributed by atoms with Gasteiger partial charge in [0.2, 0.25) is 0 Å². The van der Waals surface area contributed by atoms with E-state index >= 15 is 0 Å². The van der Waals surface area contributed by atoms with Crippen molar-refractivity contribution in [1.82, 2.24) is 14.3 Å². The van der Waals surface area contributed by atoms with Crippen LogP contribution in [0.2, 0.25) is 0 Å². The molecule has 0 radical (unpaired) electrons. The number of nitrogens with zero attached hydrogens (tertiary/aromatic N) is 3. The Balaban J connectivity index is 1.06. The van der Waals surface area contributed by atoms with Gasteiger partial charge in [-0.25, -0.2) is 0 Å². The second-order valence-corrected chi connectivity index (χ2v) is 14.1. The van der Waals surface area contributed by atoms with Crippen LogP contribution in [0.3, 0.4) is 0 Å². The van der Waals surface area contributed by atoms with Crippen LogP contribution < -0.4 is 5.32 Å². The summed E-state index contributed by atoms with van der Waals surface area (Å²) in [5.41, 5.74) is 11.9. The molecule has 4 heteroatoms. The van der Waals surface area contributed by atoms with Crippen LogP contribution in [0.4, 0.5) is 5.69 Å². The summed E-state index contributed by atoms with van der Waals surface area (Å²) in [4.78, 5) is 4.59. The molecule has 11 rings (SSSR count). The molecular weight excluding hydrogens is 645 g/mol. The molecule has 0 aliphatic carbocycles. The topological polar surface area (TPSA) is 33.7 Å². The minimum absolute atomic E-state index is 0.0959. The van der Waals surface area contributed by atoms with Gasteiger partial charge < -0.3 is 8.97 Å². The van der Waals surface area contributed by atoms with Crippen molar-refractivity contribution < 1.29 is 0 Å². The van der Waals surface area contributed by atoms with E-state index in [-0.39, 0.29) is 6.04 Å². The summed E-state index contributed by atoms with van der Waals surface area (Å²) in [6.45, 7) is 4.62. The molecule has 0 fully saturated rings. The maximum atomic E-state index is 4.59. The number of hydrogen-bond donors (Lipinski definition) is 1. The van der Waals surface area contributed by atoms with Crippen molar-refractivity contribution in [3.63, 3.8) is 0 Å². The van der Waals surface area contributed by atoms with Crippen LogP contribution in [0, 0.1) is 0 Å². The Bertz CT molecular complexity index is 3120. The molecular formula is C49H34N4. The zero-order valence-electron chi connectivity index (χ0n) is 29.0. The second kappa shape index (κ2) is 11.6. The molecule has 53 heavy (non-hydrogen) atoms. The van der Waals surface area contributed by atoms with E-state index in [9.17, 15) is 0 Å². The molecule has 1 unspecified atom stereocenters. The van der Waals surface area contributed by atoms with E-state index in [1.807, 2.05) is 0 Å². The first-order chi connectivity index (χ1) is 26.3. The monoisotopic (exact) mass is 678 g/mol. The molecule has 250 valence electrons. The Hall–Kier alpha value is -6.75. The molecule has 0 amide bonds. The van der Waals surface area contributed by atoms with Gasteiger partial charge in [0.1, 0.15) is 0 Å². The number of aliphatic imine (C=N–C) groups is 1. The van der Waals surface area contributed by atoms with Crippen molar-refractivity contribution in [2.45, 2.75) is 12.7 Å². The number of nitrogens with one attached hydrogen (secondary N) is 1. The molecule has 4 nitrogen and oxygen atoms in total. The molecule has 0 saturated heterocycles. The predicted octanol–water partition coefficient (Wildman–Crippen LogP) is 12.4. The highest BCUT2D eigenvalue weighted by Crippen LogP contribution is 2.43. The average molecular weight is 679 g/mol. The smallest absolute Gasteiger partial charge is 0.0751 e. The summed E-state index contributed by atoms with van der Waals surface area (Å²) in [7, 11) is 0. The zero-order chi connectivity index (χ0) is 35.0. The quantitative estimate of drug-likeness (QED) is 0.167. The fraction of sp³-hybridized carbons (Fsp3) is 0.0408. The average Bonchev–Trinajstić information content (AvgIpc) is 3.85. The predicted molar refractivity (Wildman–Crippen MR) is 224 cm³/mol. The first-order valence-corrected chi connectivity index (χ1v) is 18.2. The summed E-state index contributed by atoms with van der Waals surface area (Å²) in [6.07, 6.45) is 0. The van der Waals surface area contributed by atoms with Gasteiger partial charge in [0.15, 0.2) is 0 Å². The zero-order valence-corrected chi connectivity index (χ0v) is 29.0. The maximum Gasteiger partial charge on any atom is 0.0751 e. The largest absolute Gasteiger partial charge is 0.327 e. The van der Waals surface area contributed by atoms with Crippen molar-refractivity contribution >= 4 is 83.1 Å². The summed E-state index contributed by atoms with van der Waals surface area (Å²) in [6, 6.07) is 61.5. The molecule has 3 heterocycles. The molecule has 0 aliphatic rings. The van der Waals surface area contributed by atoms with E-state index in [1.54, 1.807) is 0 Å². The molecule has 3 aromatic heterocycles. The highest BCUT2D eigenvalue weighted by atomic mass is 15.1. The molecule has 0 saturated carbocycles. The van der Waals surface area contributed by atoms with Crippen LogP contribution in [-0.4, -0.2) is 15.7 Å². The lowest BCUT2D eigenvalue weighted by molar-refractivity contribution is 0.527. The molecule has 1 N–H and O–H groups in total. The third kappa shape index (κ3) is 4.43. The Morgan fingerprint density at radius 1 is 0.491 bits per heavy atom. The fourth-order valence-corrected chi connectivity index (χ4v) is 8.94. The van der Waals surface area contributed by atoms with Gasteiger partial charge in [0.05, 0.1) is 46.0 Å². The van der Waals surface area contributed by atoms with Gasteiger partial charge in [-0.1, -0.05) is 127 Å². The van der Waals surface area contributed by atoms with Gasteiger partial charge in [0, 0.05) is 37.7 Å². The van der Waals surface area contributed by atoms with Crippen molar-refractivity contribution in [2.75, 3.05) is 0 Å². The third-order valence-corrected chi connectivity index (χ3v) is 11.3. The number of para-hydroxylation sites is 3. The fourth-order valence-electron chi connectivity index (χ4n) is 8.94.